The second kappa shape index (κ2) is 6.16. The summed E-state index contributed by atoms with van der Waals surface area (Å²) in [4.78, 5) is 1.96. The fourth-order valence-corrected chi connectivity index (χ4v) is 2.66. The van der Waals surface area contributed by atoms with Crippen LogP contribution in [0.15, 0.2) is 30.6 Å². The summed E-state index contributed by atoms with van der Waals surface area (Å²) in [6.45, 7) is 4.41. The molecule has 6 heteroatoms. The van der Waals surface area contributed by atoms with Gasteiger partial charge in [-0.3, -0.25) is 4.68 Å². The molecule has 1 aliphatic rings. The van der Waals surface area contributed by atoms with Gasteiger partial charge >= 0.3 is 0 Å². The molecular weight excluding hydrogens is 283 g/mol. The van der Waals surface area contributed by atoms with Crippen molar-refractivity contribution in [1.82, 2.24) is 9.78 Å². The molecular formula is C16H17FN4O. The summed E-state index contributed by atoms with van der Waals surface area (Å²) in [7, 11) is 0. The Morgan fingerprint density at radius 3 is 3.05 bits per heavy atom. The smallest absolute Gasteiger partial charge is 0.147 e. The minimum Gasteiger partial charge on any atom is -0.373 e. The average molecular weight is 300 g/mol. The van der Waals surface area contributed by atoms with Crippen molar-refractivity contribution in [2.75, 3.05) is 24.6 Å². The van der Waals surface area contributed by atoms with Crippen molar-refractivity contribution in [1.29, 1.82) is 5.26 Å². The van der Waals surface area contributed by atoms with Gasteiger partial charge in [0.25, 0.3) is 0 Å². The molecule has 114 valence electrons. The van der Waals surface area contributed by atoms with Gasteiger partial charge < -0.3 is 9.64 Å². The van der Waals surface area contributed by atoms with E-state index in [1.165, 1.54) is 6.07 Å². The first-order chi connectivity index (χ1) is 10.7. The third kappa shape index (κ3) is 3.10. The Morgan fingerprint density at radius 2 is 2.36 bits per heavy atom. The van der Waals surface area contributed by atoms with Crippen molar-refractivity contribution < 1.29 is 9.13 Å². The van der Waals surface area contributed by atoms with Crippen LogP contribution in [0.25, 0.3) is 0 Å². The Morgan fingerprint density at radius 1 is 1.50 bits per heavy atom. The number of hydrogen-bond acceptors (Lipinski definition) is 4. The number of aromatic nitrogens is 2. The number of nitriles is 1. The predicted octanol–water partition coefficient (Wildman–Crippen LogP) is 2.11. The Bertz CT molecular complexity index is 706. The molecule has 1 saturated heterocycles. The van der Waals surface area contributed by atoms with Crippen LogP contribution in [0.5, 0.6) is 0 Å². The lowest BCUT2D eigenvalue weighted by molar-refractivity contribution is 0.0272. The van der Waals surface area contributed by atoms with E-state index in [0.717, 1.165) is 5.56 Å². The fourth-order valence-electron chi connectivity index (χ4n) is 2.66. The molecule has 1 unspecified atom stereocenters. The van der Waals surface area contributed by atoms with Crippen LogP contribution < -0.4 is 4.90 Å². The first kappa shape index (κ1) is 14.5. The summed E-state index contributed by atoms with van der Waals surface area (Å²) in [5, 5.41) is 13.1. The summed E-state index contributed by atoms with van der Waals surface area (Å²) < 4.78 is 21.7. The maximum atomic E-state index is 14.1. The molecule has 0 radical (unpaired) electrons. The van der Waals surface area contributed by atoms with Gasteiger partial charge in [0, 0.05) is 19.3 Å². The molecule has 0 saturated carbocycles. The van der Waals surface area contributed by atoms with Crippen LogP contribution in [0.3, 0.4) is 0 Å². The van der Waals surface area contributed by atoms with Gasteiger partial charge in [-0.2, -0.15) is 10.4 Å². The molecule has 1 aromatic carbocycles. The van der Waals surface area contributed by atoms with E-state index in [9.17, 15) is 4.39 Å². The van der Waals surface area contributed by atoms with E-state index in [0.29, 0.717) is 37.5 Å². The van der Waals surface area contributed by atoms with Crippen LogP contribution in [0.4, 0.5) is 10.1 Å². The normalized spacial score (nSPS) is 18.2. The Hall–Kier alpha value is -2.39. The lowest BCUT2D eigenvalue weighted by atomic mass is 10.1. The molecule has 0 spiro atoms. The van der Waals surface area contributed by atoms with E-state index in [1.807, 2.05) is 28.8 Å². The monoisotopic (exact) mass is 300 g/mol. The number of benzene rings is 1. The molecule has 1 fully saturated rings. The number of rotatable bonds is 3. The lowest BCUT2D eigenvalue weighted by Gasteiger charge is -2.34. The number of ether oxygens (including phenoxy) is 1. The number of morpholine rings is 1. The summed E-state index contributed by atoms with van der Waals surface area (Å²) in [5.74, 6) is -0.366. The molecule has 0 bridgehead atoms. The van der Waals surface area contributed by atoms with Gasteiger partial charge in [-0.1, -0.05) is 0 Å². The zero-order valence-electron chi connectivity index (χ0n) is 12.4. The quantitative estimate of drug-likeness (QED) is 0.871. The van der Waals surface area contributed by atoms with E-state index >= 15 is 0 Å². The minimum absolute atomic E-state index is 0.0388. The van der Waals surface area contributed by atoms with Crippen LogP contribution in [-0.2, 0) is 11.3 Å². The Kier molecular flexibility index (Phi) is 4.07. The van der Waals surface area contributed by atoms with E-state index < -0.39 is 0 Å². The molecule has 1 atom stereocenters. The van der Waals surface area contributed by atoms with Crippen molar-refractivity contribution in [2.45, 2.75) is 19.6 Å². The van der Waals surface area contributed by atoms with Crippen molar-refractivity contribution in [3.05, 3.63) is 47.5 Å². The number of halogens is 1. The molecule has 0 amide bonds. The first-order valence-corrected chi connectivity index (χ1v) is 7.21. The maximum Gasteiger partial charge on any atom is 0.147 e. The molecule has 0 aliphatic carbocycles. The van der Waals surface area contributed by atoms with Crippen LogP contribution in [0, 0.1) is 24.1 Å². The van der Waals surface area contributed by atoms with Gasteiger partial charge in [-0.05, 0) is 30.7 Å². The second-order valence-corrected chi connectivity index (χ2v) is 5.46. The highest BCUT2D eigenvalue weighted by atomic mass is 19.1. The molecule has 3 rings (SSSR count). The van der Waals surface area contributed by atoms with Crippen molar-refractivity contribution in [3.8, 4) is 6.07 Å². The average Bonchev–Trinajstić information content (AvgIpc) is 2.92. The Balaban J connectivity index is 1.71. The van der Waals surface area contributed by atoms with Crippen molar-refractivity contribution in [3.63, 3.8) is 0 Å². The molecule has 2 heterocycles. The van der Waals surface area contributed by atoms with Crippen molar-refractivity contribution >= 4 is 5.69 Å². The number of aryl methyl sites for hydroxylation is 1. The van der Waals surface area contributed by atoms with Gasteiger partial charge in [-0.25, -0.2) is 4.39 Å². The standard InChI is InChI=1S/C16H17FN4O/c1-12-8-19-21(9-12)11-14-10-20(4-5-22-14)16-3-2-13(7-18)6-15(16)17/h2-3,6,8-9,14H,4-5,10-11H2,1H3. The molecule has 1 aromatic heterocycles. The SMILES string of the molecule is Cc1cnn(CC2CN(c3ccc(C#N)cc3F)CCO2)c1. The molecule has 1 aliphatic heterocycles. The van der Waals surface area contributed by atoms with Crippen LogP contribution >= 0.6 is 0 Å². The number of anilines is 1. The van der Waals surface area contributed by atoms with E-state index in [4.69, 9.17) is 10.00 Å². The highest BCUT2D eigenvalue weighted by Gasteiger charge is 2.23. The highest BCUT2D eigenvalue weighted by molar-refractivity contribution is 5.51. The third-order valence-electron chi connectivity index (χ3n) is 3.71. The zero-order valence-corrected chi connectivity index (χ0v) is 12.4. The largest absolute Gasteiger partial charge is 0.373 e. The topological polar surface area (TPSA) is 54.1 Å². The van der Waals surface area contributed by atoms with Gasteiger partial charge in [0.2, 0.25) is 0 Å². The van der Waals surface area contributed by atoms with Gasteiger partial charge in [0.15, 0.2) is 0 Å². The second-order valence-electron chi connectivity index (χ2n) is 5.46. The number of nitrogens with zero attached hydrogens (tertiary/aromatic N) is 4. The highest BCUT2D eigenvalue weighted by Crippen LogP contribution is 2.23. The fraction of sp³-hybridized carbons (Fsp3) is 0.375. The Labute approximate surface area is 128 Å². The first-order valence-electron chi connectivity index (χ1n) is 7.21. The molecule has 5 nitrogen and oxygen atoms in total. The maximum absolute atomic E-state index is 14.1. The van der Waals surface area contributed by atoms with Crippen molar-refractivity contribution in [2.24, 2.45) is 0 Å². The van der Waals surface area contributed by atoms with Crippen LogP contribution in [-0.4, -0.2) is 35.6 Å². The predicted molar refractivity (Wildman–Crippen MR) is 80.0 cm³/mol. The van der Waals surface area contributed by atoms with E-state index in [2.05, 4.69) is 5.10 Å². The van der Waals surface area contributed by atoms with E-state index in [-0.39, 0.29) is 11.9 Å². The summed E-state index contributed by atoms with van der Waals surface area (Å²) in [6.07, 6.45) is 3.73. The van der Waals surface area contributed by atoms with Gasteiger partial charge in [-0.15, -0.1) is 0 Å². The molecule has 22 heavy (non-hydrogen) atoms. The lowest BCUT2D eigenvalue weighted by Crippen LogP contribution is -2.44. The number of hydrogen-bond donors (Lipinski definition) is 0. The summed E-state index contributed by atoms with van der Waals surface area (Å²) in [6, 6.07) is 6.52. The molecule has 0 N–H and O–H groups in total. The van der Waals surface area contributed by atoms with Crippen LogP contribution in [0.2, 0.25) is 0 Å². The summed E-state index contributed by atoms with van der Waals surface area (Å²) in [5.41, 5.74) is 1.95. The third-order valence-corrected chi connectivity index (χ3v) is 3.71. The minimum atomic E-state index is -0.366. The van der Waals surface area contributed by atoms with Crippen LogP contribution in [0.1, 0.15) is 11.1 Å². The summed E-state index contributed by atoms with van der Waals surface area (Å²) >= 11 is 0. The van der Waals surface area contributed by atoms with E-state index in [1.54, 1.807) is 18.3 Å². The molecule has 2 aromatic rings. The van der Waals surface area contributed by atoms with Gasteiger partial charge in [0.1, 0.15) is 5.82 Å². The van der Waals surface area contributed by atoms with Gasteiger partial charge in [0.05, 0.1) is 42.8 Å². The zero-order chi connectivity index (χ0) is 15.5.